The first-order chi connectivity index (χ1) is 12.5. The molecule has 9 heteroatoms. The molecule has 3 rings (SSSR count). The van der Waals surface area contributed by atoms with Gasteiger partial charge in [0.15, 0.2) is 5.76 Å². The zero-order chi connectivity index (χ0) is 18.6. The second kappa shape index (κ2) is 7.98. The molecular weight excluding hydrogens is 356 g/mol. The molecule has 0 bridgehead atoms. The van der Waals surface area contributed by atoms with Crippen molar-refractivity contribution in [3.8, 4) is 0 Å². The number of hydrogen-bond acceptors (Lipinski definition) is 6. The van der Waals surface area contributed by atoms with Gasteiger partial charge in [0.05, 0.1) is 17.1 Å². The molecule has 1 aliphatic rings. The van der Waals surface area contributed by atoms with Gasteiger partial charge in [-0.25, -0.2) is 13.1 Å². The highest BCUT2D eigenvalue weighted by molar-refractivity contribution is 7.89. The van der Waals surface area contributed by atoms with Crippen molar-refractivity contribution >= 4 is 15.9 Å². The van der Waals surface area contributed by atoms with E-state index in [1.807, 2.05) is 6.92 Å². The fraction of sp³-hybridized carbons (Fsp3) is 0.412. The van der Waals surface area contributed by atoms with Crippen LogP contribution in [-0.4, -0.2) is 38.6 Å². The van der Waals surface area contributed by atoms with Crippen LogP contribution in [0, 0.1) is 0 Å². The lowest BCUT2D eigenvalue weighted by Gasteiger charge is -2.12. The van der Waals surface area contributed by atoms with Crippen LogP contribution in [-0.2, 0) is 23.0 Å². The van der Waals surface area contributed by atoms with Crippen LogP contribution in [0.4, 0.5) is 0 Å². The minimum absolute atomic E-state index is 0.0741. The van der Waals surface area contributed by atoms with Crippen molar-refractivity contribution in [1.82, 2.24) is 20.5 Å². The number of carbonyl (C=O) groups is 1. The summed E-state index contributed by atoms with van der Waals surface area (Å²) in [6.07, 6.45) is 1.50. The molecule has 1 aromatic heterocycles. The third-order valence-electron chi connectivity index (χ3n) is 4.18. The zero-order valence-electron chi connectivity index (χ0n) is 14.5. The van der Waals surface area contributed by atoms with E-state index in [0.29, 0.717) is 12.3 Å². The van der Waals surface area contributed by atoms with Crippen molar-refractivity contribution in [2.45, 2.75) is 37.2 Å². The van der Waals surface area contributed by atoms with Crippen LogP contribution in [0.1, 0.15) is 35.2 Å². The molecule has 1 saturated heterocycles. The summed E-state index contributed by atoms with van der Waals surface area (Å²) in [5.41, 5.74) is 1.09. The number of amides is 1. The standard InChI is InChI=1S/C17H22N4O4S/c1-2-13-9-15(25-20-13)11-19-17(22)12-4-3-5-16(8-12)26(23,24)21-14-6-7-18-10-14/h3-5,8-9,14,18,21H,2,6-7,10-11H2,1H3,(H,19,22)/t14-/m1/s1. The molecule has 1 aromatic carbocycles. The molecule has 3 N–H and O–H groups in total. The summed E-state index contributed by atoms with van der Waals surface area (Å²) in [7, 11) is -3.67. The molecule has 0 saturated carbocycles. The van der Waals surface area contributed by atoms with Crippen LogP contribution in [0.3, 0.4) is 0 Å². The molecule has 1 fully saturated rings. The Bertz CT molecular complexity index is 872. The highest BCUT2D eigenvalue weighted by atomic mass is 32.2. The average Bonchev–Trinajstić information content (AvgIpc) is 3.31. The van der Waals surface area contributed by atoms with E-state index < -0.39 is 10.0 Å². The number of rotatable bonds is 7. The fourth-order valence-electron chi connectivity index (χ4n) is 2.72. The van der Waals surface area contributed by atoms with E-state index in [4.69, 9.17) is 4.52 Å². The molecule has 1 aliphatic heterocycles. The Hall–Kier alpha value is -2.23. The van der Waals surface area contributed by atoms with E-state index in [0.717, 1.165) is 25.1 Å². The lowest BCUT2D eigenvalue weighted by molar-refractivity contribution is 0.0947. The molecule has 26 heavy (non-hydrogen) atoms. The van der Waals surface area contributed by atoms with Gasteiger partial charge in [-0.3, -0.25) is 4.79 Å². The van der Waals surface area contributed by atoms with E-state index in [1.165, 1.54) is 12.1 Å². The van der Waals surface area contributed by atoms with Crippen molar-refractivity contribution in [3.63, 3.8) is 0 Å². The first-order valence-electron chi connectivity index (χ1n) is 8.53. The number of benzene rings is 1. The first kappa shape index (κ1) is 18.6. The van der Waals surface area contributed by atoms with E-state index in [1.54, 1.807) is 18.2 Å². The molecule has 140 valence electrons. The third kappa shape index (κ3) is 4.48. The summed E-state index contributed by atoms with van der Waals surface area (Å²) in [6, 6.07) is 7.63. The Balaban J connectivity index is 1.66. The van der Waals surface area contributed by atoms with Crippen molar-refractivity contribution in [2.24, 2.45) is 0 Å². The predicted molar refractivity (Wildman–Crippen MR) is 95.1 cm³/mol. The fourth-order valence-corrected chi connectivity index (χ4v) is 4.04. The van der Waals surface area contributed by atoms with Gasteiger partial charge in [0.1, 0.15) is 0 Å². The van der Waals surface area contributed by atoms with Gasteiger partial charge in [0.2, 0.25) is 10.0 Å². The highest BCUT2D eigenvalue weighted by Gasteiger charge is 2.23. The predicted octanol–water partition coefficient (Wildman–Crippen LogP) is 0.807. The van der Waals surface area contributed by atoms with Gasteiger partial charge >= 0.3 is 0 Å². The Labute approximate surface area is 152 Å². The van der Waals surface area contributed by atoms with Crippen LogP contribution >= 0.6 is 0 Å². The summed E-state index contributed by atoms with van der Waals surface area (Å²) in [4.78, 5) is 12.4. The molecule has 0 spiro atoms. The third-order valence-corrected chi connectivity index (χ3v) is 5.70. The van der Waals surface area contributed by atoms with Crippen LogP contribution in [0.25, 0.3) is 0 Å². The molecule has 8 nitrogen and oxygen atoms in total. The van der Waals surface area contributed by atoms with Crippen LogP contribution in [0.15, 0.2) is 39.8 Å². The maximum atomic E-state index is 12.5. The van der Waals surface area contributed by atoms with Crippen molar-refractivity contribution in [2.75, 3.05) is 13.1 Å². The van der Waals surface area contributed by atoms with Gasteiger partial charge in [-0.1, -0.05) is 18.1 Å². The monoisotopic (exact) mass is 378 g/mol. The number of sulfonamides is 1. The molecule has 1 atom stereocenters. The molecule has 0 unspecified atom stereocenters. The normalized spacial score (nSPS) is 17.3. The highest BCUT2D eigenvalue weighted by Crippen LogP contribution is 2.14. The summed E-state index contributed by atoms with van der Waals surface area (Å²) >= 11 is 0. The number of aromatic nitrogens is 1. The SMILES string of the molecule is CCc1cc(CNC(=O)c2cccc(S(=O)(=O)N[C@@H]3CCNC3)c2)on1. The number of hydrogen-bond donors (Lipinski definition) is 3. The van der Waals surface area contributed by atoms with E-state index >= 15 is 0 Å². The Morgan fingerprint density at radius 1 is 1.38 bits per heavy atom. The number of nitrogens with zero attached hydrogens (tertiary/aromatic N) is 1. The molecule has 1 amide bonds. The quantitative estimate of drug-likeness (QED) is 0.657. The Kier molecular flexibility index (Phi) is 5.70. The largest absolute Gasteiger partial charge is 0.359 e. The average molecular weight is 378 g/mol. The van der Waals surface area contributed by atoms with Gasteiger partial charge in [0, 0.05) is 24.2 Å². The van der Waals surface area contributed by atoms with E-state index in [2.05, 4.69) is 20.5 Å². The van der Waals surface area contributed by atoms with Crippen LogP contribution < -0.4 is 15.4 Å². The van der Waals surface area contributed by atoms with Gasteiger partial charge in [-0.2, -0.15) is 0 Å². The topological polar surface area (TPSA) is 113 Å². The van der Waals surface area contributed by atoms with Gasteiger partial charge < -0.3 is 15.2 Å². The Morgan fingerprint density at radius 2 is 2.23 bits per heavy atom. The molecule has 0 aliphatic carbocycles. The zero-order valence-corrected chi connectivity index (χ0v) is 15.3. The van der Waals surface area contributed by atoms with Crippen LogP contribution in [0.5, 0.6) is 0 Å². The maximum Gasteiger partial charge on any atom is 0.251 e. The maximum absolute atomic E-state index is 12.5. The number of aryl methyl sites for hydroxylation is 1. The molecular formula is C17H22N4O4S. The van der Waals surface area contributed by atoms with Crippen molar-refractivity contribution in [1.29, 1.82) is 0 Å². The van der Waals surface area contributed by atoms with E-state index in [-0.39, 0.29) is 29.0 Å². The van der Waals surface area contributed by atoms with Crippen LogP contribution in [0.2, 0.25) is 0 Å². The molecule has 0 radical (unpaired) electrons. The Morgan fingerprint density at radius 3 is 2.92 bits per heavy atom. The lowest BCUT2D eigenvalue weighted by Crippen LogP contribution is -2.36. The van der Waals surface area contributed by atoms with Crippen molar-refractivity contribution in [3.05, 3.63) is 47.3 Å². The summed E-state index contributed by atoms with van der Waals surface area (Å²) < 4.78 is 32.7. The molecule has 2 heterocycles. The van der Waals surface area contributed by atoms with Gasteiger partial charge in [-0.05, 0) is 37.6 Å². The van der Waals surface area contributed by atoms with Gasteiger partial charge in [-0.15, -0.1) is 0 Å². The van der Waals surface area contributed by atoms with Crippen molar-refractivity contribution < 1.29 is 17.7 Å². The van der Waals surface area contributed by atoms with E-state index in [9.17, 15) is 13.2 Å². The minimum atomic E-state index is -3.67. The number of carbonyl (C=O) groups excluding carboxylic acids is 1. The summed E-state index contributed by atoms with van der Waals surface area (Å²) in [5.74, 6) is 0.174. The first-order valence-corrected chi connectivity index (χ1v) is 10.0. The second-order valence-corrected chi connectivity index (χ2v) is 7.87. The smallest absolute Gasteiger partial charge is 0.251 e. The van der Waals surface area contributed by atoms with Gasteiger partial charge in [0.25, 0.3) is 5.91 Å². The molecule has 2 aromatic rings. The lowest BCUT2D eigenvalue weighted by atomic mass is 10.2. The summed E-state index contributed by atoms with van der Waals surface area (Å²) in [5, 5.41) is 9.68. The number of nitrogens with one attached hydrogen (secondary N) is 3. The summed E-state index contributed by atoms with van der Waals surface area (Å²) in [6.45, 7) is 3.55. The second-order valence-electron chi connectivity index (χ2n) is 6.16. The minimum Gasteiger partial charge on any atom is -0.359 e.